The zero-order chi connectivity index (χ0) is 17.2. The van der Waals surface area contributed by atoms with Gasteiger partial charge in [-0.1, -0.05) is 13.8 Å². The first-order valence-electron chi connectivity index (χ1n) is 10.7. The average Bonchev–Trinajstić information content (AvgIpc) is 3.05. The summed E-state index contributed by atoms with van der Waals surface area (Å²) >= 11 is 0. The summed E-state index contributed by atoms with van der Waals surface area (Å²) in [6.45, 7) is 10.3. The lowest BCUT2D eigenvalue weighted by Gasteiger charge is -2.40. The number of nitrogens with one attached hydrogen (secondary N) is 1. The highest BCUT2D eigenvalue weighted by Crippen LogP contribution is 2.36. The largest absolute Gasteiger partial charge is 0.314 e. The number of rotatable bonds is 5. The number of nitrogens with zero attached hydrogens (tertiary/aromatic N) is 3. The molecule has 0 amide bonds. The highest BCUT2D eigenvalue weighted by molar-refractivity contribution is 5.14. The lowest BCUT2D eigenvalue weighted by Crippen LogP contribution is -2.44. The number of piperidine rings is 1. The quantitative estimate of drug-likeness (QED) is 0.882. The van der Waals surface area contributed by atoms with E-state index in [0.717, 1.165) is 31.0 Å². The average molecular weight is 345 g/mol. The number of fused-ring (bicyclic) bond motifs is 2. The van der Waals surface area contributed by atoms with Crippen molar-refractivity contribution in [1.29, 1.82) is 0 Å². The number of aromatic nitrogens is 2. The van der Waals surface area contributed by atoms with E-state index in [-0.39, 0.29) is 0 Å². The molecule has 0 radical (unpaired) electrons. The summed E-state index contributed by atoms with van der Waals surface area (Å²) in [5.74, 6) is 2.51. The van der Waals surface area contributed by atoms with E-state index in [1.807, 2.05) is 0 Å². The van der Waals surface area contributed by atoms with Gasteiger partial charge in [0, 0.05) is 19.1 Å². The van der Waals surface area contributed by atoms with Gasteiger partial charge in [-0.25, -0.2) is 0 Å². The topological polar surface area (TPSA) is 33.1 Å². The Bertz CT molecular complexity index is 564. The molecule has 1 N–H and O–H groups in total. The summed E-state index contributed by atoms with van der Waals surface area (Å²) < 4.78 is 2.24. The van der Waals surface area contributed by atoms with E-state index in [9.17, 15) is 0 Å². The van der Waals surface area contributed by atoms with Crippen LogP contribution in [-0.4, -0.2) is 40.4 Å². The first-order valence-corrected chi connectivity index (χ1v) is 10.7. The van der Waals surface area contributed by atoms with Crippen molar-refractivity contribution in [2.45, 2.75) is 83.8 Å². The zero-order valence-electron chi connectivity index (χ0n) is 16.2. The van der Waals surface area contributed by atoms with Gasteiger partial charge in [0.2, 0.25) is 0 Å². The summed E-state index contributed by atoms with van der Waals surface area (Å²) in [4.78, 5) is 2.65. The van der Waals surface area contributed by atoms with Crippen LogP contribution in [0.15, 0.2) is 6.07 Å². The summed E-state index contributed by atoms with van der Waals surface area (Å²) in [6.07, 6.45) is 10.1. The molecule has 1 saturated heterocycles. The van der Waals surface area contributed by atoms with Crippen LogP contribution in [0.2, 0.25) is 0 Å². The molecule has 0 spiro atoms. The van der Waals surface area contributed by atoms with Gasteiger partial charge in [0.1, 0.15) is 0 Å². The van der Waals surface area contributed by atoms with E-state index >= 15 is 0 Å². The third-order valence-corrected chi connectivity index (χ3v) is 6.82. The van der Waals surface area contributed by atoms with Gasteiger partial charge in [-0.2, -0.15) is 5.10 Å². The fourth-order valence-corrected chi connectivity index (χ4v) is 5.28. The fraction of sp³-hybridized carbons (Fsp3) is 0.857. The Morgan fingerprint density at radius 1 is 1.24 bits per heavy atom. The minimum Gasteiger partial charge on any atom is -0.314 e. The van der Waals surface area contributed by atoms with Crippen LogP contribution in [0.4, 0.5) is 0 Å². The van der Waals surface area contributed by atoms with Crippen LogP contribution in [0.25, 0.3) is 0 Å². The fourth-order valence-electron chi connectivity index (χ4n) is 5.28. The lowest BCUT2D eigenvalue weighted by atomic mass is 9.73. The van der Waals surface area contributed by atoms with Gasteiger partial charge in [0.05, 0.1) is 17.9 Å². The van der Waals surface area contributed by atoms with E-state index in [2.05, 4.69) is 34.8 Å². The summed E-state index contributed by atoms with van der Waals surface area (Å²) in [6, 6.07) is 3.18. The zero-order valence-corrected chi connectivity index (χ0v) is 16.2. The van der Waals surface area contributed by atoms with Gasteiger partial charge in [0.15, 0.2) is 0 Å². The molecule has 3 aliphatic rings. The Balaban J connectivity index is 1.21. The molecular weight excluding hydrogens is 308 g/mol. The van der Waals surface area contributed by atoms with Gasteiger partial charge in [-0.3, -0.25) is 9.58 Å². The van der Waals surface area contributed by atoms with E-state index in [1.165, 1.54) is 76.0 Å². The molecule has 2 aliphatic heterocycles. The van der Waals surface area contributed by atoms with Crippen molar-refractivity contribution in [1.82, 2.24) is 20.0 Å². The molecule has 1 aromatic heterocycles. The third-order valence-electron chi connectivity index (χ3n) is 6.82. The first-order chi connectivity index (χ1) is 12.2. The molecule has 0 bridgehead atoms. The van der Waals surface area contributed by atoms with Crippen molar-refractivity contribution in [3.05, 3.63) is 17.5 Å². The highest BCUT2D eigenvalue weighted by atomic mass is 15.3. The standard InChI is InChI=1S/C21H36N4/c1-16(2)21-14-19-15-24(11-12-25(19)23-21)10-4-5-17-7-8-20-18(13-17)6-3-9-22-20/h14,16-18,20,22H,3-13,15H2,1-2H3. The number of hydrogen-bond donors (Lipinski definition) is 1. The molecule has 0 aromatic carbocycles. The predicted octanol–water partition coefficient (Wildman–Crippen LogP) is 3.77. The van der Waals surface area contributed by atoms with Crippen molar-refractivity contribution >= 4 is 0 Å². The van der Waals surface area contributed by atoms with Crippen LogP contribution < -0.4 is 5.32 Å². The minimum absolute atomic E-state index is 0.538. The van der Waals surface area contributed by atoms with Gasteiger partial charge in [-0.15, -0.1) is 0 Å². The maximum absolute atomic E-state index is 4.76. The Morgan fingerprint density at radius 3 is 3.04 bits per heavy atom. The van der Waals surface area contributed by atoms with Gasteiger partial charge >= 0.3 is 0 Å². The molecule has 4 nitrogen and oxygen atoms in total. The molecule has 3 unspecified atom stereocenters. The van der Waals surface area contributed by atoms with Crippen LogP contribution >= 0.6 is 0 Å². The SMILES string of the molecule is CC(C)c1cc2n(n1)CCN(CCCC1CCC3NCCCC3C1)C2. The Labute approximate surface area is 153 Å². The van der Waals surface area contributed by atoms with Crippen molar-refractivity contribution < 1.29 is 0 Å². The maximum atomic E-state index is 4.76. The number of hydrogen-bond acceptors (Lipinski definition) is 3. The highest BCUT2D eigenvalue weighted by Gasteiger charge is 2.31. The molecule has 3 atom stereocenters. The monoisotopic (exact) mass is 344 g/mol. The van der Waals surface area contributed by atoms with Crippen molar-refractivity contribution in [2.24, 2.45) is 11.8 Å². The van der Waals surface area contributed by atoms with E-state index in [4.69, 9.17) is 5.10 Å². The Kier molecular flexibility index (Phi) is 5.47. The molecule has 4 rings (SSSR count). The third kappa shape index (κ3) is 4.11. The normalized spacial score (nSPS) is 30.3. The summed E-state index contributed by atoms with van der Waals surface area (Å²) in [5.41, 5.74) is 2.68. The van der Waals surface area contributed by atoms with Crippen LogP contribution in [0.5, 0.6) is 0 Å². The van der Waals surface area contributed by atoms with Gasteiger partial charge in [-0.05, 0) is 81.9 Å². The van der Waals surface area contributed by atoms with E-state index in [1.54, 1.807) is 0 Å². The van der Waals surface area contributed by atoms with Crippen LogP contribution in [0.1, 0.15) is 76.1 Å². The first kappa shape index (κ1) is 17.5. The Hall–Kier alpha value is -0.870. The molecule has 3 heterocycles. The van der Waals surface area contributed by atoms with Crippen molar-refractivity contribution in [2.75, 3.05) is 19.6 Å². The molecule has 1 saturated carbocycles. The second-order valence-corrected chi connectivity index (χ2v) is 9.00. The molecule has 25 heavy (non-hydrogen) atoms. The van der Waals surface area contributed by atoms with E-state index in [0.29, 0.717) is 5.92 Å². The smallest absolute Gasteiger partial charge is 0.0653 e. The summed E-state index contributed by atoms with van der Waals surface area (Å²) in [5, 5.41) is 8.51. The molecular formula is C21H36N4. The molecule has 4 heteroatoms. The summed E-state index contributed by atoms with van der Waals surface area (Å²) in [7, 11) is 0. The lowest BCUT2D eigenvalue weighted by molar-refractivity contribution is 0.150. The second kappa shape index (κ2) is 7.79. The molecule has 1 aliphatic carbocycles. The maximum Gasteiger partial charge on any atom is 0.0653 e. The molecule has 1 aromatic rings. The van der Waals surface area contributed by atoms with E-state index < -0.39 is 0 Å². The predicted molar refractivity (Wildman–Crippen MR) is 103 cm³/mol. The van der Waals surface area contributed by atoms with Gasteiger partial charge < -0.3 is 5.32 Å². The van der Waals surface area contributed by atoms with Crippen LogP contribution in [-0.2, 0) is 13.1 Å². The van der Waals surface area contributed by atoms with Gasteiger partial charge in [0.25, 0.3) is 0 Å². The van der Waals surface area contributed by atoms with Crippen LogP contribution in [0, 0.1) is 11.8 Å². The Morgan fingerprint density at radius 2 is 2.16 bits per heavy atom. The minimum atomic E-state index is 0.538. The van der Waals surface area contributed by atoms with Crippen LogP contribution in [0.3, 0.4) is 0 Å². The molecule has 2 fully saturated rings. The van der Waals surface area contributed by atoms with Crippen molar-refractivity contribution in [3.63, 3.8) is 0 Å². The second-order valence-electron chi connectivity index (χ2n) is 9.00. The molecule has 140 valence electrons. The van der Waals surface area contributed by atoms with Crippen molar-refractivity contribution in [3.8, 4) is 0 Å².